The van der Waals surface area contributed by atoms with Crippen molar-refractivity contribution in [1.29, 1.82) is 0 Å². The van der Waals surface area contributed by atoms with E-state index in [4.69, 9.17) is 46.8 Å². The third-order valence-electron chi connectivity index (χ3n) is 9.14. The lowest BCUT2D eigenvalue weighted by atomic mass is 9.79. The van der Waals surface area contributed by atoms with Crippen molar-refractivity contribution in [3.05, 3.63) is 107 Å². The molecule has 0 bridgehead atoms. The van der Waals surface area contributed by atoms with E-state index in [2.05, 4.69) is 14.8 Å². The monoisotopic (exact) mass is 775 g/mol. The zero-order valence-corrected chi connectivity index (χ0v) is 32.8. The molecule has 0 saturated heterocycles. The van der Waals surface area contributed by atoms with E-state index >= 15 is 0 Å². The normalized spacial score (nSPS) is 19.7. The third-order valence-corrected chi connectivity index (χ3v) is 11.6. The first kappa shape index (κ1) is 42.4. The van der Waals surface area contributed by atoms with Gasteiger partial charge in [0.15, 0.2) is 4.99 Å². The van der Waals surface area contributed by atoms with Crippen molar-refractivity contribution in [3.8, 4) is 11.5 Å². The van der Waals surface area contributed by atoms with E-state index in [-0.39, 0.29) is 38.3 Å². The van der Waals surface area contributed by atoms with Gasteiger partial charge in [-0.15, -0.1) is 0 Å². The Morgan fingerprint density at radius 2 is 1.40 bits per heavy atom. The molecule has 53 heavy (non-hydrogen) atoms. The maximum absolute atomic E-state index is 13.8. The number of hydrogen-bond acceptors (Lipinski definition) is 8. The molecule has 0 radical (unpaired) electrons. The topological polar surface area (TPSA) is 75.0 Å². The maximum atomic E-state index is 13.8. The number of rotatable bonds is 18. The minimum atomic E-state index is -4.73. The zero-order valence-electron chi connectivity index (χ0n) is 31.1. The molecule has 1 fully saturated rings. The number of hydrogen-bond donors (Lipinski definition) is 1. The summed E-state index contributed by atoms with van der Waals surface area (Å²) in [4.78, 5) is 2.20. The van der Waals surface area contributed by atoms with Gasteiger partial charge in [-0.05, 0) is 75.1 Å². The molecule has 0 aliphatic heterocycles. The second kappa shape index (κ2) is 19.3. The predicted octanol–water partition coefficient (Wildman–Crippen LogP) is 8.56. The zero-order chi connectivity index (χ0) is 38.8. The molecule has 3 aromatic carbocycles. The van der Waals surface area contributed by atoms with Crippen molar-refractivity contribution >= 4 is 25.7 Å². The molecule has 2 unspecified atom stereocenters. The number of benzene rings is 3. The summed E-state index contributed by atoms with van der Waals surface area (Å²) in [5.74, 6) is 0.834. The molecule has 288 valence electrons. The van der Waals surface area contributed by atoms with Gasteiger partial charge in [0, 0.05) is 25.1 Å². The number of alkyl halides is 3. The first-order chi connectivity index (χ1) is 25.3. The van der Waals surface area contributed by atoms with Crippen LogP contribution in [0.25, 0.3) is 4.85 Å². The lowest BCUT2D eigenvalue weighted by Crippen LogP contribution is -2.48. The van der Waals surface area contributed by atoms with Crippen molar-refractivity contribution in [1.82, 2.24) is 9.99 Å². The molecule has 5 atom stereocenters. The van der Waals surface area contributed by atoms with E-state index in [1.165, 1.54) is 7.11 Å². The van der Waals surface area contributed by atoms with E-state index in [9.17, 15) is 13.2 Å². The number of nitrogens with one attached hydrogen (secondary N) is 1. The van der Waals surface area contributed by atoms with Crippen LogP contribution in [0.5, 0.6) is 11.5 Å². The Hall–Kier alpha value is -3.34. The lowest BCUT2D eigenvalue weighted by molar-refractivity contribution is -0.0627. The van der Waals surface area contributed by atoms with Gasteiger partial charge in [0.1, 0.15) is 29.8 Å². The minimum absolute atomic E-state index is 0.00578. The van der Waals surface area contributed by atoms with Gasteiger partial charge in [-0.1, -0.05) is 66.8 Å². The van der Waals surface area contributed by atoms with E-state index in [0.29, 0.717) is 11.5 Å². The standard InChI is InChI=1S/C39H49F3N3O6PS/c1-26(2)45(27(3)4)52(50-23-22-43-5)51-35-28(24-34(36(35)48-8)44-37(53)39(40,41)42)25-49-38(29-12-10-9-11-13-29,30-14-18-32(46-6)19-15-30)31-16-20-33(47-7)21-17-31/h9-21,26-28,34-36H,22-25H2,1-4,6-8H3,(H,44,53)/t28-,34-,35?,36-,52?/m1/s1. The Balaban J connectivity index is 1.84. The molecular formula is C39H49F3N3O6PS. The van der Waals surface area contributed by atoms with Crippen molar-refractivity contribution in [2.75, 3.05) is 41.1 Å². The highest BCUT2D eigenvalue weighted by Crippen LogP contribution is 2.51. The fraction of sp³-hybridized carbons (Fsp3) is 0.487. The Morgan fingerprint density at radius 1 is 0.868 bits per heavy atom. The summed E-state index contributed by atoms with van der Waals surface area (Å²) in [6.45, 7) is 15.7. The van der Waals surface area contributed by atoms with Gasteiger partial charge in [0.05, 0.1) is 33.0 Å². The van der Waals surface area contributed by atoms with Gasteiger partial charge < -0.3 is 38.2 Å². The molecule has 1 aliphatic carbocycles. The van der Waals surface area contributed by atoms with Gasteiger partial charge in [0.25, 0.3) is 8.53 Å². The molecule has 0 spiro atoms. The summed E-state index contributed by atoms with van der Waals surface area (Å²) >= 11 is 4.79. The third kappa shape index (κ3) is 10.3. The number of thiocarbonyl (C=S) groups is 1. The van der Waals surface area contributed by atoms with Crippen LogP contribution in [0.1, 0.15) is 50.8 Å². The van der Waals surface area contributed by atoms with E-state index < -0.39 is 49.5 Å². The summed E-state index contributed by atoms with van der Waals surface area (Å²) in [5.41, 5.74) is 1.25. The highest BCUT2D eigenvalue weighted by molar-refractivity contribution is 7.80. The molecule has 1 aliphatic rings. The van der Waals surface area contributed by atoms with E-state index in [1.807, 2.05) is 107 Å². The van der Waals surface area contributed by atoms with Crippen LogP contribution in [-0.4, -0.2) is 87.3 Å². The Morgan fingerprint density at radius 3 is 1.85 bits per heavy atom. The molecule has 3 aromatic rings. The second-order valence-corrected chi connectivity index (χ2v) is 15.0. The SMILES string of the molecule is [C-]#[N+]CCOP(OC1[C@@H](COC(c2ccccc2)(c2ccc(OC)cc2)c2ccc(OC)cc2)C[C@@H](NC(=S)C(F)(F)F)[C@H]1OC)N(C(C)C)C(C)C. The Bertz CT molecular complexity index is 1570. The van der Waals surface area contributed by atoms with Crippen LogP contribution in [0.2, 0.25) is 0 Å². The molecule has 4 rings (SSSR count). The average molecular weight is 776 g/mol. The molecule has 1 saturated carbocycles. The summed E-state index contributed by atoms with van der Waals surface area (Å²) < 4.78 is 80.7. The highest BCUT2D eigenvalue weighted by atomic mass is 32.1. The number of methoxy groups -OCH3 is 3. The van der Waals surface area contributed by atoms with Crippen LogP contribution in [0, 0.1) is 12.5 Å². The van der Waals surface area contributed by atoms with E-state index in [1.54, 1.807) is 14.2 Å². The second-order valence-electron chi connectivity index (χ2n) is 13.2. The first-order valence-corrected chi connectivity index (χ1v) is 18.9. The van der Waals surface area contributed by atoms with Crippen molar-refractivity contribution in [2.45, 2.75) is 76.2 Å². The van der Waals surface area contributed by atoms with Crippen LogP contribution < -0.4 is 14.8 Å². The molecule has 0 heterocycles. The van der Waals surface area contributed by atoms with Gasteiger partial charge in [-0.2, -0.15) is 13.2 Å². The quantitative estimate of drug-likeness (QED) is 0.0450. The van der Waals surface area contributed by atoms with Crippen LogP contribution in [0.4, 0.5) is 13.2 Å². The minimum Gasteiger partial charge on any atom is -0.497 e. The van der Waals surface area contributed by atoms with Crippen LogP contribution in [0.3, 0.4) is 0 Å². The molecule has 0 amide bonds. The molecule has 9 nitrogen and oxygen atoms in total. The van der Waals surface area contributed by atoms with Gasteiger partial charge >= 0.3 is 6.18 Å². The first-order valence-electron chi connectivity index (χ1n) is 17.4. The van der Waals surface area contributed by atoms with Crippen LogP contribution in [0.15, 0.2) is 78.9 Å². The predicted molar refractivity (Wildman–Crippen MR) is 204 cm³/mol. The fourth-order valence-corrected chi connectivity index (χ4v) is 8.74. The molecule has 0 aromatic heterocycles. The Labute approximate surface area is 317 Å². The van der Waals surface area contributed by atoms with Crippen molar-refractivity contribution < 1.29 is 41.2 Å². The largest absolute Gasteiger partial charge is 0.497 e. The number of nitrogens with zero attached hydrogens (tertiary/aromatic N) is 2. The Kier molecular flexibility index (Phi) is 15.4. The van der Waals surface area contributed by atoms with Crippen LogP contribution in [-0.2, 0) is 24.1 Å². The van der Waals surface area contributed by atoms with Crippen molar-refractivity contribution in [2.24, 2.45) is 5.92 Å². The average Bonchev–Trinajstić information content (AvgIpc) is 3.47. The van der Waals surface area contributed by atoms with Gasteiger partial charge in [-0.25, -0.2) is 11.2 Å². The number of ether oxygens (including phenoxy) is 4. The van der Waals surface area contributed by atoms with E-state index in [0.717, 1.165) is 16.7 Å². The fourth-order valence-electron chi connectivity index (χ4n) is 6.79. The number of halogens is 3. The maximum Gasteiger partial charge on any atom is 0.441 e. The molecule has 14 heteroatoms. The lowest BCUT2D eigenvalue weighted by Gasteiger charge is -2.40. The van der Waals surface area contributed by atoms with Crippen molar-refractivity contribution in [3.63, 3.8) is 0 Å². The summed E-state index contributed by atoms with van der Waals surface area (Å²) in [6, 6.07) is 24.1. The molecule has 1 N–H and O–H groups in total. The summed E-state index contributed by atoms with van der Waals surface area (Å²) in [7, 11) is 2.86. The summed E-state index contributed by atoms with van der Waals surface area (Å²) in [6.07, 6.45) is -6.18. The van der Waals surface area contributed by atoms with Gasteiger partial charge in [0.2, 0.25) is 6.54 Å². The molecular weight excluding hydrogens is 726 g/mol. The van der Waals surface area contributed by atoms with Gasteiger partial charge in [-0.3, -0.25) is 0 Å². The summed E-state index contributed by atoms with van der Waals surface area (Å²) in [5, 5.41) is 2.53. The highest BCUT2D eigenvalue weighted by Gasteiger charge is 2.50. The smallest absolute Gasteiger partial charge is 0.441 e. The van der Waals surface area contributed by atoms with Crippen LogP contribution >= 0.6 is 20.7 Å².